The molecule has 190 valence electrons. The Bertz CT molecular complexity index is 942. The van der Waals surface area contributed by atoms with Gasteiger partial charge in [-0.15, -0.1) is 0 Å². The minimum absolute atomic E-state index is 0.0194. The van der Waals surface area contributed by atoms with Crippen molar-refractivity contribution in [2.75, 3.05) is 19.6 Å². The fourth-order valence-electron chi connectivity index (χ4n) is 6.56. The summed E-state index contributed by atoms with van der Waals surface area (Å²) in [7, 11) is 0. The zero-order chi connectivity index (χ0) is 25.1. The molecule has 8 heteroatoms. The van der Waals surface area contributed by atoms with Crippen LogP contribution in [-0.4, -0.2) is 70.3 Å². The van der Waals surface area contributed by atoms with Gasteiger partial charge in [0.2, 0.25) is 11.8 Å². The lowest BCUT2D eigenvalue weighted by atomic mass is 9.89. The Morgan fingerprint density at radius 3 is 2.49 bits per heavy atom. The molecule has 3 heterocycles. The summed E-state index contributed by atoms with van der Waals surface area (Å²) < 4.78 is 13.6. The van der Waals surface area contributed by atoms with Crippen molar-refractivity contribution in [3.05, 3.63) is 35.6 Å². The van der Waals surface area contributed by atoms with Crippen LogP contribution in [-0.2, 0) is 9.59 Å². The van der Waals surface area contributed by atoms with E-state index in [1.54, 1.807) is 4.90 Å². The van der Waals surface area contributed by atoms with Crippen molar-refractivity contribution in [1.29, 1.82) is 5.26 Å². The molecule has 1 saturated carbocycles. The molecule has 4 aliphatic rings. The molecule has 4 unspecified atom stereocenters. The molecule has 2 N–H and O–H groups in total. The van der Waals surface area contributed by atoms with Gasteiger partial charge in [0.1, 0.15) is 11.9 Å². The van der Waals surface area contributed by atoms with Crippen LogP contribution in [0.15, 0.2) is 24.3 Å². The van der Waals surface area contributed by atoms with Crippen LogP contribution in [0.3, 0.4) is 0 Å². The van der Waals surface area contributed by atoms with E-state index < -0.39 is 12.1 Å². The number of carbonyl (C=O) groups excluding carboxylic acids is 2. The van der Waals surface area contributed by atoms with Crippen molar-refractivity contribution in [3.63, 3.8) is 0 Å². The van der Waals surface area contributed by atoms with Crippen LogP contribution in [0.2, 0.25) is 0 Å². The minimum atomic E-state index is -0.734. The highest BCUT2D eigenvalue weighted by Gasteiger charge is 2.53. The normalized spacial score (nSPS) is 28.1. The Hall–Kier alpha value is -2.50. The molecule has 1 aromatic carbocycles. The summed E-state index contributed by atoms with van der Waals surface area (Å²) in [5.41, 5.74) is 7.28. The number of hydrogen-bond acceptors (Lipinski definition) is 5. The average Bonchev–Trinajstić information content (AvgIpc) is 3.67. The first kappa shape index (κ1) is 25.6. The van der Waals surface area contributed by atoms with E-state index in [0.717, 1.165) is 31.2 Å². The summed E-state index contributed by atoms with van der Waals surface area (Å²) >= 11 is 0. The van der Waals surface area contributed by atoms with E-state index in [4.69, 9.17) is 5.73 Å². The molecule has 2 amide bonds. The maximum atomic E-state index is 13.6. The van der Waals surface area contributed by atoms with Gasteiger partial charge >= 0.3 is 0 Å². The monoisotopic (exact) mass is 483 g/mol. The van der Waals surface area contributed by atoms with Crippen LogP contribution in [0.4, 0.5) is 4.39 Å². The highest BCUT2D eigenvalue weighted by molar-refractivity contribution is 5.87. The number of benzene rings is 1. The molecular formula is C27H38FN5O2. The molecule has 5 atom stereocenters. The van der Waals surface area contributed by atoms with Gasteiger partial charge < -0.3 is 15.5 Å². The molecule has 0 radical (unpaired) electrons. The molecule has 0 aromatic heterocycles. The first-order chi connectivity index (χ1) is 17.0. The number of fused-ring (bicyclic) bond motifs is 2. The SMILES string of the molecule is CC.N#CC1CCCN1C(=O)C(N)CN1C[C@@H]2CC1C(=O)N2C(c1ccc(F)cc1)C1CCCC1. The van der Waals surface area contributed by atoms with E-state index >= 15 is 0 Å². The zero-order valence-electron chi connectivity index (χ0n) is 20.9. The third kappa shape index (κ3) is 4.94. The first-order valence-corrected chi connectivity index (χ1v) is 13.3. The predicted octanol–water partition coefficient (Wildman–Crippen LogP) is 3.21. The van der Waals surface area contributed by atoms with Crippen LogP contribution in [0.1, 0.15) is 70.4 Å². The lowest BCUT2D eigenvalue weighted by Gasteiger charge is -2.42. The second kappa shape index (κ2) is 11.0. The molecule has 0 spiro atoms. The van der Waals surface area contributed by atoms with Gasteiger partial charge in [-0.05, 0) is 55.7 Å². The van der Waals surface area contributed by atoms with Gasteiger partial charge in [0.05, 0.1) is 24.2 Å². The number of piperazine rings is 1. The van der Waals surface area contributed by atoms with E-state index in [2.05, 4.69) is 15.9 Å². The molecule has 1 aromatic rings. The maximum Gasteiger partial charge on any atom is 0.241 e. The van der Waals surface area contributed by atoms with Gasteiger partial charge in [-0.1, -0.05) is 38.8 Å². The molecule has 1 aliphatic carbocycles. The number of amides is 2. The number of hydrogen-bond donors (Lipinski definition) is 1. The number of nitrogens with two attached hydrogens (primary N) is 1. The second-order valence-electron chi connectivity index (χ2n) is 10.1. The Labute approximate surface area is 208 Å². The fraction of sp³-hybridized carbons (Fsp3) is 0.667. The number of carbonyl (C=O) groups is 2. The highest BCUT2D eigenvalue weighted by Crippen LogP contribution is 2.45. The topological polar surface area (TPSA) is 93.7 Å². The molecule has 4 fully saturated rings. The van der Waals surface area contributed by atoms with Crippen LogP contribution in [0.25, 0.3) is 0 Å². The van der Waals surface area contributed by atoms with Crippen LogP contribution >= 0.6 is 0 Å². The van der Waals surface area contributed by atoms with Gasteiger partial charge in [0, 0.05) is 25.7 Å². The molecule has 2 bridgehead atoms. The van der Waals surface area contributed by atoms with Crippen LogP contribution in [0, 0.1) is 23.1 Å². The van der Waals surface area contributed by atoms with E-state index in [1.165, 1.54) is 25.0 Å². The minimum Gasteiger partial charge on any atom is -0.330 e. The lowest BCUT2D eigenvalue weighted by molar-refractivity contribution is -0.142. The quantitative estimate of drug-likeness (QED) is 0.671. The van der Waals surface area contributed by atoms with Gasteiger partial charge in [0.15, 0.2) is 0 Å². The summed E-state index contributed by atoms with van der Waals surface area (Å²) in [6, 6.07) is 7.49. The third-order valence-corrected chi connectivity index (χ3v) is 8.11. The summed E-state index contributed by atoms with van der Waals surface area (Å²) in [6.45, 7) is 5.60. The van der Waals surface area contributed by atoms with Crippen molar-refractivity contribution < 1.29 is 14.0 Å². The number of nitrogens with zero attached hydrogens (tertiary/aromatic N) is 4. The number of halogens is 1. The first-order valence-electron chi connectivity index (χ1n) is 13.3. The summed E-state index contributed by atoms with van der Waals surface area (Å²) in [6.07, 6.45) is 6.77. The van der Waals surface area contributed by atoms with Gasteiger partial charge in [-0.3, -0.25) is 14.5 Å². The van der Waals surface area contributed by atoms with E-state index in [-0.39, 0.29) is 35.8 Å². The van der Waals surface area contributed by atoms with Crippen LogP contribution < -0.4 is 5.73 Å². The predicted molar refractivity (Wildman–Crippen MR) is 131 cm³/mol. The Kier molecular flexibility index (Phi) is 8.08. The van der Waals surface area contributed by atoms with Crippen molar-refractivity contribution in [2.24, 2.45) is 11.7 Å². The Morgan fingerprint density at radius 2 is 1.86 bits per heavy atom. The van der Waals surface area contributed by atoms with Crippen molar-refractivity contribution in [3.8, 4) is 6.07 Å². The molecule has 3 saturated heterocycles. The van der Waals surface area contributed by atoms with E-state index in [1.807, 2.05) is 26.0 Å². The average molecular weight is 484 g/mol. The number of nitriles is 1. The standard InChI is InChI=1S/C25H32FN5O2.C2H6/c26-18-9-7-17(8-10-18)23(16-4-1-2-5-16)31-20-12-22(25(31)33)29(14-20)15-21(28)24(32)30-11-3-6-19(30)13-27;1-2/h7-10,16,19-23H,1-6,11-12,14-15,28H2;1-2H3/t19?,20-,21?,22?,23?;/m0./s1. The van der Waals surface area contributed by atoms with Crippen molar-refractivity contribution >= 4 is 11.8 Å². The number of rotatable bonds is 6. The van der Waals surface area contributed by atoms with Gasteiger partial charge in [-0.25, -0.2) is 4.39 Å². The lowest BCUT2D eigenvalue weighted by Crippen LogP contribution is -2.57. The van der Waals surface area contributed by atoms with Crippen molar-refractivity contribution in [1.82, 2.24) is 14.7 Å². The molecule has 7 nitrogen and oxygen atoms in total. The maximum absolute atomic E-state index is 13.6. The highest BCUT2D eigenvalue weighted by atomic mass is 19.1. The van der Waals surface area contributed by atoms with Crippen LogP contribution in [0.5, 0.6) is 0 Å². The zero-order valence-corrected chi connectivity index (χ0v) is 20.9. The molecule has 5 rings (SSSR count). The number of likely N-dealkylation sites (tertiary alicyclic amines) is 3. The van der Waals surface area contributed by atoms with Gasteiger partial charge in [-0.2, -0.15) is 5.26 Å². The second-order valence-corrected chi connectivity index (χ2v) is 10.1. The van der Waals surface area contributed by atoms with Gasteiger partial charge in [0.25, 0.3) is 0 Å². The smallest absolute Gasteiger partial charge is 0.241 e. The van der Waals surface area contributed by atoms with E-state index in [9.17, 15) is 19.2 Å². The Morgan fingerprint density at radius 1 is 1.17 bits per heavy atom. The summed E-state index contributed by atoms with van der Waals surface area (Å²) in [4.78, 5) is 32.1. The fourth-order valence-corrected chi connectivity index (χ4v) is 6.56. The molecular weight excluding hydrogens is 445 g/mol. The largest absolute Gasteiger partial charge is 0.330 e. The van der Waals surface area contributed by atoms with Crippen molar-refractivity contribution in [2.45, 2.75) is 89.0 Å². The summed E-state index contributed by atoms with van der Waals surface area (Å²) in [5, 5.41) is 9.29. The summed E-state index contributed by atoms with van der Waals surface area (Å²) in [5.74, 6) is 0.0401. The van der Waals surface area contributed by atoms with E-state index in [0.29, 0.717) is 32.0 Å². The molecule has 35 heavy (non-hydrogen) atoms. The molecule has 3 aliphatic heterocycles. The third-order valence-electron chi connectivity index (χ3n) is 8.11. The Balaban J connectivity index is 0.00000141.